The Morgan fingerprint density at radius 3 is 1.94 bits per heavy atom. The first kappa shape index (κ1) is 11.0. The molecule has 0 aliphatic heterocycles. The average Bonchev–Trinajstić information content (AvgIpc) is 2.26. The lowest BCUT2D eigenvalue weighted by Crippen LogP contribution is -2.59. The van der Waals surface area contributed by atoms with Crippen LogP contribution in [0.25, 0.3) is 0 Å². The highest BCUT2D eigenvalue weighted by Gasteiger charge is 2.48. The molecule has 17 heavy (non-hydrogen) atoms. The molecule has 0 radical (unpaired) electrons. The Morgan fingerprint density at radius 2 is 1.47 bits per heavy atom. The molecule has 5 nitrogen and oxygen atoms in total. The predicted molar refractivity (Wildman–Crippen MR) is 59.7 cm³/mol. The van der Waals surface area contributed by atoms with Gasteiger partial charge in [0.2, 0.25) is 0 Å². The maximum Gasteiger partial charge on any atom is 0.395 e. The predicted octanol–water partition coefficient (Wildman–Crippen LogP) is 0.516. The van der Waals surface area contributed by atoms with Crippen molar-refractivity contribution in [3.8, 4) is 0 Å². The van der Waals surface area contributed by atoms with Gasteiger partial charge in [-0.15, -0.1) is 0 Å². The van der Waals surface area contributed by atoms with Crippen LogP contribution in [0, 0.1) is 23.7 Å². The summed E-state index contributed by atoms with van der Waals surface area (Å²) in [6.07, 6.45) is 6.36. The Labute approximate surface area is 99.9 Å². The lowest BCUT2D eigenvalue weighted by atomic mass is 9.54. The molecule has 4 aliphatic rings. The molecule has 4 rings (SSSR count). The van der Waals surface area contributed by atoms with Gasteiger partial charge in [0.05, 0.1) is 0 Å². The third-order valence-corrected chi connectivity index (χ3v) is 4.77. The molecule has 4 bridgehead atoms. The molecule has 1 amide bonds. The molecule has 0 unspecified atom stereocenters. The summed E-state index contributed by atoms with van der Waals surface area (Å²) >= 11 is 0. The molecule has 4 aliphatic carbocycles. The monoisotopic (exact) mass is 238 g/mol. The van der Waals surface area contributed by atoms with E-state index in [1.165, 1.54) is 32.1 Å². The lowest BCUT2D eigenvalue weighted by molar-refractivity contribution is -0.151. The highest BCUT2D eigenvalue weighted by atomic mass is 16.4. The number of hydrogen-bond donors (Lipinski definition) is 3. The molecule has 3 N–H and O–H groups in total. The molecule has 5 heteroatoms. The van der Waals surface area contributed by atoms with E-state index >= 15 is 0 Å². The minimum atomic E-state index is -1.43. The van der Waals surface area contributed by atoms with Crippen LogP contribution in [0.4, 0.5) is 0 Å². The summed E-state index contributed by atoms with van der Waals surface area (Å²) in [5.74, 6) is 0.622. The van der Waals surface area contributed by atoms with Gasteiger partial charge in [-0.2, -0.15) is 0 Å². The number of hydrazine groups is 1. The van der Waals surface area contributed by atoms with E-state index in [0.717, 1.165) is 11.8 Å². The molecule has 4 fully saturated rings. The zero-order valence-electron chi connectivity index (χ0n) is 9.69. The van der Waals surface area contributed by atoms with Crippen molar-refractivity contribution < 1.29 is 14.7 Å². The van der Waals surface area contributed by atoms with E-state index in [1.807, 2.05) is 0 Å². The standard InChI is InChI=1S/C12H18N2O3/c15-11(12(16)17)14-13-10-8-2-6-1-7(4-8)5-9(10)3-6/h6-10,13H,1-5H2,(H,14,15)(H,16,17). The highest BCUT2D eigenvalue weighted by molar-refractivity contribution is 6.31. The van der Waals surface area contributed by atoms with Gasteiger partial charge in [-0.25, -0.2) is 10.2 Å². The van der Waals surface area contributed by atoms with Gasteiger partial charge in [0.25, 0.3) is 0 Å². The van der Waals surface area contributed by atoms with Crippen molar-refractivity contribution in [2.24, 2.45) is 23.7 Å². The Kier molecular flexibility index (Phi) is 2.58. The summed E-state index contributed by atoms with van der Waals surface area (Å²) in [7, 11) is 0. The van der Waals surface area contributed by atoms with Crippen molar-refractivity contribution in [1.29, 1.82) is 0 Å². The van der Waals surface area contributed by atoms with Crippen LogP contribution in [0.3, 0.4) is 0 Å². The largest absolute Gasteiger partial charge is 0.474 e. The number of carbonyl (C=O) groups is 2. The first-order valence-corrected chi connectivity index (χ1v) is 6.42. The second-order valence-electron chi connectivity index (χ2n) is 5.86. The second-order valence-corrected chi connectivity index (χ2v) is 5.86. The molecule has 0 aromatic rings. The summed E-state index contributed by atoms with van der Waals surface area (Å²) < 4.78 is 0. The van der Waals surface area contributed by atoms with Crippen LogP contribution >= 0.6 is 0 Å². The molecule has 4 saturated carbocycles. The van der Waals surface area contributed by atoms with Crippen molar-refractivity contribution in [1.82, 2.24) is 10.9 Å². The topological polar surface area (TPSA) is 78.4 Å². The van der Waals surface area contributed by atoms with Crippen molar-refractivity contribution in [3.05, 3.63) is 0 Å². The van der Waals surface area contributed by atoms with E-state index < -0.39 is 11.9 Å². The van der Waals surface area contributed by atoms with Crippen LogP contribution in [0.15, 0.2) is 0 Å². The molecule has 0 aromatic carbocycles. The molecule has 0 saturated heterocycles. The molecule has 0 spiro atoms. The van der Waals surface area contributed by atoms with Gasteiger partial charge in [0, 0.05) is 6.04 Å². The highest BCUT2D eigenvalue weighted by Crippen LogP contribution is 2.53. The minimum absolute atomic E-state index is 0.283. The van der Waals surface area contributed by atoms with E-state index in [-0.39, 0.29) is 6.04 Å². The number of carboxylic acids is 1. The van der Waals surface area contributed by atoms with Gasteiger partial charge in [-0.05, 0) is 55.8 Å². The van der Waals surface area contributed by atoms with Gasteiger partial charge in [0.1, 0.15) is 0 Å². The minimum Gasteiger partial charge on any atom is -0.474 e. The van der Waals surface area contributed by atoms with E-state index in [4.69, 9.17) is 5.11 Å². The van der Waals surface area contributed by atoms with Crippen molar-refractivity contribution in [2.75, 3.05) is 0 Å². The van der Waals surface area contributed by atoms with E-state index in [2.05, 4.69) is 10.9 Å². The second kappa shape index (κ2) is 3.98. The number of carbonyl (C=O) groups excluding carboxylic acids is 1. The zero-order chi connectivity index (χ0) is 12.0. The Hall–Kier alpha value is -1.10. The Bertz CT molecular complexity index is 328. The van der Waals surface area contributed by atoms with Crippen LogP contribution in [0.2, 0.25) is 0 Å². The normalized spacial score (nSPS) is 42.5. The molecule has 0 heterocycles. The van der Waals surface area contributed by atoms with Crippen LogP contribution in [0.1, 0.15) is 32.1 Å². The van der Waals surface area contributed by atoms with E-state index in [1.54, 1.807) is 0 Å². The zero-order valence-corrected chi connectivity index (χ0v) is 9.69. The van der Waals surface area contributed by atoms with E-state index in [9.17, 15) is 9.59 Å². The number of hydrogen-bond acceptors (Lipinski definition) is 3. The van der Waals surface area contributed by atoms with Gasteiger partial charge in [-0.3, -0.25) is 10.2 Å². The Balaban J connectivity index is 1.61. The quantitative estimate of drug-likeness (QED) is 0.484. The van der Waals surface area contributed by atoms with Crippen LogP contribution in [0.5, 0.6) is 0 Å². The van der Waals surface area contributed by atoms with E-state index in [0.29, 0.717) is 11.8 Å². The first-order valence-electron chi connectivity index (χ1n) is 6.42. The SMILES string of the molecule is O=C(O)C(=O)NNC1C2CC3CC(C2)CC1C3. The first-order chi connectivity index (χ1) is 8.13. The Morgan fingerprint density at radius 1 is 0.941 bits per heavy atom. The maximum atomic E-state index is 11.0. The van der Waals surface area contributed by atoms with Gasteiger partial charge >= 0.3 is 11.9 Å². The molecular weight excluding hydrogens is 220 g/mol. The number of amides is 1. The number of nitrogens with one attached hydrogen (secondary N) is 2. The van der Waals surface area contributed by atoms with Crippen molar-refractivity contribution in [3.63, 3.8) is 0 Å². The van der Waals surface area contributed by atoms with Crippen molar-refractivity contribution in [2.45, 2.75) is 38.1 Å². The number of carboxylic acid groups (broad SMARTS) is 1. The van der Waals surface area contributed by atoms with Crippen LogP contribution in [-0.2, 0) is 9.59 Å². The third-order valence-electron chi connectivity index (χ3n) is 4.77. The summed E-state index contributed by atoms with van der Waals surface area (Å²) in [4.78, 5) is 21.4. The van der Waals surface area contributed by atoms with Crippen molar-refractivity contribution >= 4 is 11.9 Å². The fraction of sp³-hybridized carbons (Fsp3) is 0.833. The maximum absolute atomic E-state index is 11.0. The number of rotatable bonds is 2. The molecule has 94 valence electrons. The summed E-state index contributed by atoms with van der Waals surface area (Å²) in [5, 5.41) is 8.51. The lowest BCUT2D eigenvalue weighted by Gasteiger charge is -2.54. The summed E-state index contributed by atoms with van der Waals surface area (Å²) in [6, 6.07) is 0.283. The summed E-state index contributed by atoms with van der Waals surface area (Å²) in [6.45, 7) is 0. The summed E-state index contributed by atoms with van der Waals surface area (Å²) in [5.41, 5.74) is 5.29. The number of aliphatic carboxylic acids is 1. The molecule has 0 atom stereocenters. The average molecular weight is 238 g/mol. The smallest absolute Gasteiger partial charge is 0.395 e. The molecular formula is C12H18N2O3. The van der Waals surface area contributed by atoms with Gasteiger partial charge in [-0.1, -0.05) is 0 Å². The third kappa shape index (κ3) is 1.92. The fourth-order valence-corrected chi connectivity index (χ4v) is 4.36. The fourth-order valence-electron chi connectivity index (χ4n) is 4.36. The molecule has 0 aromatic heterocycles. The van der Waals surface area contributed by atoms with Gasteiger partial charge in [0.15, 0.2) is 0 Å². The van der Waals surface area contributed by atoms with Crippen LogP contribution in [-0.4, -0.2) is 23.0 Å². The van der Waals surface area contributed by atoms with Crippen LogP contribution < -0.4 is 10.9 Å². The van der Waals surface area contributed by atoms with Gasteiger partial charge < -0.3 is 5.11 Å².